The van der Waals surface area contributed by atoms with Gasteiger partial charge in [-0.15, -0.1) is 0 Å². The Kier molecular flexibility index (Phi) is 6.79. The van der Waals surface area contributed by atoms with Gasteiger partial charge in [0.15, 0.2) is 13.1 Å². The number of nitrogens with one attached hydrogen (secondary N) is 2. The van der Waals surface area contributed by atoms with E-state index in [9.17, 15) is 9.59 Å². The molecule has 0 radical (unpaired) electrons. The van der Waals surface area contributed by atoms with E-state index < -0.39 is 0 Å². The standard InChI is InChI=1S/C19H29N3O2/c1-4-20-18(23)13-22(5-2)14-19(24)21(3)17-12-8-10-15-9-6-7-11-16(15)17/h6-7,9,11,17H,4-5,8,10,12-14H2,1-3H3,(H,20,23)/p+1/t17-/m0/s1. The molecule has 132 valence electrons. The zero-order valence-electron chi connectivity index (χ0n) is 15.1. The van der Waals surface area contributed by atoms with Gasteiger partial charge >= 0.3 is 0 Å². The first kappa shape index (κ1) is 18.5. The lowest BCUT2D eigenvalue weighted by atomic mass is 9.87. The molecule has 1 aliphatic carbocycles. The van der Waals surface area contributed by atoms with Crippen LogP contribution >= 0.6 is 0 Å². The van der Waals surface area contributed by atoms with E-state index in [-0.39, 0.29) is 17.9 Å². The molecule has 1 aliphatic rings. The van der Waals surface area contributed by atoms with Crippen molar-refractivity contribution in [3.8, 4) is 0 Å². The lowest BCUT2D eigenvalue weighted by molar-refractivity contribution is -0.882. The summed E-state index contributed by atoms with van der Waals surface area (Å²) in [6.45, 7) is 6.02. The Labute approximate surface area is 145 Å². The molecule has 0 saturated heterocycles. The zero-order valence-corrected chi connectivity index (χ0v) is 15.1. The minimum atomic E-state index is 0.00724. The molecule has 5 nitrogen and oxygen atoms in total. The van der Waals surface area contributed by atoms with Gasteiger partial charge in [-0.3, -0.25) is 9.59 Å². The second-order valence-corrected chi connectivity index (χ2v) is 6.52. The van der Waals surface area contributed by atoms with Gasteiger partial charge in [-0.25, -0.2) is 0 Å². The van der Waals surface area contributed by atoms with E-state index in [1.54, 1.807) is 0 Å². The number of likely N-dealkylation sites (N-methyl/N-ethyl adjacent to an activating group) is 3. The van der Waals surface area contributed by atoms with Crippen molar-refractivity contribution in [3.05, 3.63) is 35.4 Å². The lowest BCUT2D eigenvalue weighted by Crippen LogP contribution is -3.14. The minimum absolute atomic E-state index is 0.00724. The van der Waals surface area contributed by atoms with Gasteiger partial charge in [-0.05, 0) is 44.2 Å². The number of amides is 2. The highest BCUT2D eigenvalue weighted by atomic mass is 16.2. The first-order chi connectivity index (χ1) is 11.6. The maximum Gasteiger partial charge on any atom is 0.278 e. The summed E-state index contributed by atoms with van der Waals surface area (Å²) < 4.78 is 0. The molecule has 1 unspecified atom stereocenters. The molecule has 0 spiro atoms. The van der Waals surface area contributed by atoms with Crippen LogP contribution < -0.4 is 10.2 Å². The number of benzene rings is 1. The number of aryl methyl sites for hydroxylation is 1. The van der Waals surface area contributed by atoms with Crippen LogP contribution in [-0.2, 0) is 16.0 Å². The van der Waals surface area contributed by atoms with E-state index in [4.69, 9.17) is 0 Å². The second kappa shape index (κ2) is 8.83. The number of hydrogen-bond acceptors (Lipinski definition) is 2. The number of rotatable bonds is 7. The average Bonchev–Trinajstić information content (AvgIpc) is 2.60. The quantitative estimate of drug-likeness (QED) is 0.767. The molecule has 0 fully saturated rings. The number of nitrogens with zero attached hydrogens (tertiary/aromatic N) is 1. The molecule has 2 N–H and O–H groups in total. The minimum Gasteiger partial charge on any atom is -0.351 e. The van der Waals surface area contributed by atoms with E-state index >= 15 is 0 Å². The van der Waals surface area contributed by atoms with Crippen molar-refractivity contribution in [2.45, 2.75) is 39.2 Å². The second-order valence-electron chi connectivity index (χ2n) is 6.52. The Hall–Kier alpha value is -1.88. The molecule has 5 heteroatoms. The third-order valence-electron chi connectivity index (χ3n) is 4.88. The molecule has 2 rings (SSSR count). The Morgan fingerprint density at radius 2 is 2.00 bits per heavy atom. The van der Waals surface area contributed by atoms with Crippen LogP contribution in [0.4, 0.5) is 0 Å². The third-order valence-corrected chi connectivity index (χ3v) is 4.88. The van der Waals surface area contributed by atoms with Crippen molar-refractivity contribution < 1.29 is 14.5 Å². The smallest absolute Gasteiger partial charge is 0.278 e. The van der Waals surface area contributed by atoms with E-state index in [0.717, 1.165) is 30.7 Å². The number of carbonyl (C=O) groups is 2. The zero-order chi connectivity index (χ0) is 17.5. The first-order valence-corrected chi connectivity index (χ1v) is 9.00. The van der Waals surface area contributed by atoms with Crippen LogP contribution in [-0.4, -0.2) is 49.9 Å². The summed E-state index contributed by atoms with van der Waals surface area (Å²) >= 11 is 0. The van der Waals surface area contributed by atoms with Gasteiger partial charge in [0.25, 0.3) is 11.8 Å². The molecule has 0 aromatic heterocycles. The van der Waals surface area contributed by atoms with Gasteiger partial charge in [0.05, 0.1) is 12.6 Å². The maximum absolute atomic E-state index is 12.7. The average molecular weight is 332 g/mol. The number of hydrogen-bond donors (Lipinski definition) is 2. The van der Waals surface area contributed by atoms with Crippen LogP contribution in [0.1, 0.15) is 43.9 Å². The van der Waals surface area contributed by atoms with E-state index in [1.807, 2.05) is 31.9 Å². The summed E-state index contributed by atoms with van der Waals surface area (Å²) in [5.74, 6) is 0.116. The van der Waals surface area contributed by atoms with Gasteiger partial charge in [0, 0.05) is 13.6 Å². The van der Waals surface area contributed by atoms with Crippen molar-refractivity contribution in [1.82, 2.24) is 10.2 Å². The van der Waals surface area contributed by atoms with Gasteiger partial charge < -0.3 is 15.1 Å². The Bertz CT molecular complexity index is 573. The lowest BCUT2D eigenvalue weighted by Gasteiger charge is -2.33. The van der Waals surface area contributed by atoms with Crippen molar-refractivity contribution in [2.24, 2.45) is 0 Å². The molecule has 1 aromatic rings. The number of fused-ring (bicyclic) bond motifs is 1. The highest BCUT2D eigenvalue weighted by Crippen LogP contribution is 2.33. The van der Waals surface area contributed by atoms with Gasteiger partial charge in [0.2, 0.25) is 0 Å². The molecule has 0 bridgehead atoms. The monoisotopic (exact) mass is 332 g/mol. The fourth-order valence-electron chi connectivity index (χ4n) is 3.44. The first-order valence-electron chi connectivity index (χ1n) is 9.00. The number of quaternary nitrogens is 1. The molecule has 2 atom stereocenters. The largest absolute Gasteiger partial charge is 0.351 e. The van der Waals surface area contributed by atoms with Crippen LogP contribution in [0.15, 0.2) is 24.3 Å². The van der Waals surface area contributed by atoms with Crippen LogP contribution in [0, 0.1) is 0 Å². The third kappa shape index (κ3) is 4.57. The topological polar surface area (TPSA) is 53.9 Å². The van der Waals surface area contributed by atoms with Crippen molar-refractivity contribution >= 4 is 11.8 Å². The normalized spacial score (nSPS) is 17.7. The Morgan fingerprint density at radius 3 is 2.71 bits per heavy atom. The predicted octanol–water partition coefficient (Wildman–Crippen LogP) is 0.563. The molecular formula is C19H30N3O2+. The fourth-order valence-corrected chi connectivity index (χ4v) is 3.44. The summed E-state index contributed by atoms with van der Waals surface area (Å²) in [6, 6.07) is 8.58. The van der Waals surface area contributed by atoms with Crippen molar-refractivity contribution in [3.63, 3.8) is 0 Å². The summed E-state index contributed by atoms with van der Waals surface area (Å²) in [6.07, 6.45) is 3.22. The molecule has 24 heavy (non-hydrogen) atoms. The van der Waals surface area contributed by atoms with Crippen LogP contribution in [0.2, 0.25) is 0 Å². The van der Waals surface area contributed by atoms with Gasteiger partial charge in [0.1, 0.15) is 0 Å². The van der Waals surface area contributed by atoms with Gasteiger partial charge in [-0.1, -0.05) is 24.3 Å². The molecule has 0 heterocycles. The molecule has 0 saturated carbocycles. The highest BCUT2D eigenvalue weighted by Gasteiger charge is 2.28. The van der Waals surface area contributed by atoms with Crippen molar-refractivity contribution in [1.29, 1.82) is 0 Å². The van der Waals surface area contributed by atoms with Crippen LogP contribution in [0.25, 0.3) is 0 Å². The predicted molar refractivity (Wildman–Crippen MR) is 94.8 cm³/mol. The van der Waals surface area contributed by atoms with Gasteiger partial charge in [-0.2, -0.15) is 0 Å². The Balaban J connectivity index is 2.00. The molecule has 0 aliphatic heterocycles. The molecule has 1 aromatic carbocycles. The van der Waals surface area contributed by atoms with E-state index in [1.165, 1.54) is 11.1 Å². The highest BCUT2D eigenvalue weighted by molar-refractivity contribution is 5.79. The summed E-state index contributed by atoms with van der Waals surface area (Å²) in [5, 5.41) is 2.80. The summed E-state index contributed by atoms with van der Waals surface area (Å²) in [7, 11) is 1.90. The fraction of sp³-hybridized carbons (Fsp3) is 0.579. The van der Waals surface area contributed by atoms with Crippen molar-refractivity contribution in [2.75, 3.05) is 33.2 Å². The van der Waals surface area contributed by atoms with Crippen LogP contribution in [0.5, 0.6) is 0 Å². The molecular weight excluding hydrogens is 302 g/mol. The SMILES string of the molecule is CCNC(=O)C[NH+](CC)CC(=O)N(C)[C@H]1CCCc2ccccc21. The summed E-state index contributed by atoms with van der Waals surface area (Å²) in [5.41, 5.74) is 2.64. The Morgan fingerprint density at radius 1 is 1.25 bits per heavy atom. The van der Waals surface area contributed by atoms with E-state index in [2.05, 4.69) is 23.5 Å². The van der Waals surface area contributed by atoms with Crippen LogP contribution in [0.3, 0.4) is 0 Å². The summed E-state index contributed by atoms with van der Waals surface area (Å²) in [4.78, 5) is 27.4. The van der Waals surface area contributed by atoms with E-state index in [0.29, 0.717) is 19.6 Å². The maximum atomic E-state index is 12.7. The molecule has 2 amide bonds. The number of carbonyl (C=O) groups excluding carboxylic acids is 2.